The van der Waals surface area contributed by atoms with Crippen LogP contribution in [0.25, 0.3) is 0 Å². The van der Waals surface area contributed by atoms with Crippen molar-refractivity contribution in [2.75, 3.05) is 13.6 Å². The van der Waals surface area contributed by atoms with Crippen molar-refractivity contribution in [2.45, 2.75) is 20.3 Å². The zero-order valence-corrected chi connectivity index (χ0v) is 7.29. The molecule has 0 bridgehead atoms. The van der Waals surface area contributed by atoms with Gasteiger partial charge in [0.1, 0.15) is 6.42 Å². The summed E-state index contributed by atoms with van der Waals surface area (Å²) in [4.78, 5) is 12.6. The van der Waals surface area contributed by atoms with Crippen LogP contribution in [-0.2, 0) is 4.79 Å². The van der Waals surface area contributed by atoms with Crippen molar-refractivity contribution in [3.8, 4) is 6.07 Å². The van der Waals surface area contributed by atoms with Crippen LogP contribution in [-0.4, -0.2) is 24.4 Å². The Balaban J connectivity index is 3.75. The molecule has 0 spiro atoms. The van der Waals surface area contributed by atoms with E-state index in [1.165, 1.54) is 0 Å². The Labute approximate surface area is 67.6 Å². The van der Waals surface area contributed by atoms with Crippen LogP contribution in [0.1, 0.15) is 20.3 Å². The summed E-state index contributed by atoms with van der Waals surface area (Å²) in [7, 11) is 1.72. The first-order valence-electron chi connectivity index (χ1n) is 3.68. The third-order valence-electron chi connectivity index (χ3n) is 1.30. The Kier molecular flexibility index (Phi) is 4.28. The van der Waals surface area contributed by atoms with E-state index in [4.69, 9.17) is 5.26 Å². The second kappa shape index (κ2) is 4.73. The molecule has 1 amide bonds. The van der Waals surface area contributed by atoms with Gasteiger partial charge in [0.25, 0.3) is 0 Å². The average molecular weight is 154 g/mol. The number of carbonyl (C=O) groups excluding carboxylic acids is 1. The molecule has 62 valence electrons. The molecule has 0 unspecified atom stereocenters. The molecule has 0 aromatic rings. The van der Waals surface area contributed by atoms with Gasteiger partial charge in [-0.15, -0.1) is 0 Å². The Hall–Kier alpha value is -1.04. The summed E-state index contributed by atoms with van der Waals surface area (Å²) in [5, 5.41) is 8.22. The van der Waals surface area contributed by atoms with Crippen molar-refractivity contribution in [2.24, 2.45) is 5.92 Å². The standard InChI is InChI=1S/C8H14N2O/c1-7(2)6-10(3)8(11)4-5-9/h7H,4,6H2,1-3H3. The molecule has 11 heavy (non-hydrogen) atoms. The topological polar surface area (TPSA) is 44.1 Å². The first-order valence-corrected chi connectivity index (χ1v) is 3.68. The van der Waals surface area contributed by atoms with E-state index in [2.05, 4.69) is 0 Å². The molecule has 0 radical (unpaired) electrons. The fourth-order valence-electron chi connectivity index (χ4n) is 0.852. The monoisotopic (exact) mass is 154 g/mol. The highest BCUT2D eigenvalue weighted by molar-refractivity contribution is 5.77. The average Bonchev–Trinajstić information content (AvgIpc) is 1.86. The minimum absolute atomic E-state index is 0.0107. The van der Waals surface area contributed by atoms with Crippen molar-refractivity contribution in [3.05, 3.63) is 0 Å². The van der Waals surface area contributed by atoms with E-state index in [9.17, 15) is 4.79 Å². The van der Waals surface area contributed by atoms with Crippen LogP contribution in [0.2, 0.25) is 0 Å². The van der Waals surface area contributed by atoms with E-state index >= 15 is 0 Å². The van der Waals surface area contributed by atoms with E-state index in [1.807, 2.05) is 19.9 Å². The van der Waals surface area contributed by atoms with E-state index in [1.54, 1.807) is 11.9 Å². The summed E-state index contributed by atoms with van der Waals surface area (Å²) >= 11 is 0. The quantitative estimate of drug-likeness (QED) is 0.609. The predicted octanol–water partition coefficient (Wildman–Crippen LogP) is 1.01. The summed E-state index contributed by atoms with van der Waals surface area (Å²) in [5.41, 5.74) is 0. The molecule has 0 fully saturated rings. The SMILES string of the molecule is CC(C)CN(C)C(=O)CC#N. The van der Waals surface area contributed by atoms with Gasteiger partial charge in [-0.25, -0.2) is 0 Å². The van der Waals surface area contributed by atoms with Gasteiger partial charge in [0.15, 0.2) is 0 Å². The lowest BCUT2D eigenvalue weighted by Gasteiger charge is -2.17. The van der Waals surface area contributed by atoms with Crippen molar-refractivity contribution >= 4 is 5.91 Å². The highest BCUT2D eigenvalue weighted by atomic mass is 16.2. The van der Waals surface area contributed by atoms with Gasteiger partial charge in [0, 0.05) is 13.6 Å². The summed E-state index contributed by atoms with van der Waals surface area (Å²) < 4.78 is 0. The second-order valence-electron chi connectivity index (χ2n) is 3.00. The van der Waals surface area contributed by atoms with Crippen LogP contribution in [0.4, 0.5) is 0 Å². The van der Waals surface area contributed by atoms with E-state index in [-0.39, 0.29) is 12.3 Å². The first kappa shape index (κ1) is 9.96. The number of hydrogen-bond donors (Lipinski definition) is 0. The number of hydrogen-bond acceptors (Lipinski definition) is 2. The second-order valence-corrected chi connectivity index (χ2v) is 3.00. The van der Waals surface area contributed by atoms with Crippen LogP contribution in [0, 0.1) is 17.2 Å². The highest BCUT2D eigenvalue weighted by Crippen LogP contribution is 1.97. The minimum atomic E-state index is -0.0961. The molecule has 0 aromatic carbocycles. The lowest BCUT2D eigenvalue weighted by Crippen LogP contribution is -2.29. The minimum Gasteiger partial charge on any atom is -0.345 e. The number of carbonyl (C=O) groups is 1. The molecular formula is C8H14N2O. The molecule has 0 aliphatic heterocycles. The maximum absolute atomic E-state index is 11.0. The normalized spacial score (nSPS) is 9.36. The highest BCUT2D eigenvalue weighted by Gasteiger charge is 2.08. The maximum atomic E-state index is 11.0. The molecule has 0 atom stereocenters. The molecule has 0 N–H and O–H groups in total. The largest absolute Gasteiger partial charge is 0.345 e. The molecule has 0 aliphatic carbocycles. The Morgan fingerprint density at radius 1 is 1.64 bits per heavy atom. The lowest BCUT2D eigenvalue weighted by atomic mass is 10.2. The predicted molar refractivity (Wildman–Crippen MR) is 42.7 cm³/mol. The first-order chi connectivity index (χ1) is 5.07. The zero-order valence-electron chi connectivity index (χ0n) is 7.29. The summed E-state index contributed by atoms with van der Waals surface area (Å²) in [6, 6.07) is 1.83. The third-order valence-corrected chi connectivity index (χ3v) is 1.30. The number of nitriles is 1. The van der Waals surface area contributed by atoms with Crippen LogP contribution in [0.15, 0.2) is 0 Å². The molecule has 0 rings (SSSR count). The van der Waals surface area contributed by atoms with Crippen LogP contribution >= 0.6 is 0 Å². The van der Waals surface area contributed by atoms with Gasteiger partial charge in [0.05, 0.1) is 6.07 Å². The number of rotatable bonds is 3. The van der Waals surface area contributed by atoms with Gasteiger partial charge in [-0.1, -0.05) is 13.8 Å². The van der Waals surface area contributed by atoms with Crippen molar-refractivity contribution in [1.29, 1.82) is 5.26 Å². The molecule has 0 aliphatic rings. The van der Waals surface area contributed by atoms with Crippen LogP contribution in [0.5, 0.6) is 0 Å². The molecule has 3 heteroatoms. The molecule has 0 aromatic heterocycles. The van der Waals surface area contributed by atoms with Crippen molar-refractivity contribution in [1.82, 2.24) is 4.90 Å². The maximum Gasteiger partial charge on any atom is 0.236 e. The van der Waals surface area contributed by atoms with E-state index in [0.717, 1.165) is 6.54 Å². The van der Waals surface area contributed by atoms with Gasteiger partial charge < -0.3 is 4.90 Å². The van der Waals surface area contributed by atoms with Gasteiger partial charge >= 0.3 is 0 Å². The Morgan fingerprint density at radius 3 is 2.55 bits per heavy atom. The van der Waals surface area contributed by atoms with Gasteiger partial charge in [-0.2, -0.15) is 5.26 Å². The number of amides is 1. The van der Waals surface area contributed by atoms with E-state index < -0.39 is 0 Å². The van der Waals surface area contributed by atoms with Crippen molar-refractivity contribution < 1.29 is 4.79 Å². The summed E-state index contributed by atoms with van der Waals surface area (Å²) in [5.74, 6) is 0.365. The van der Waals surface area contributed by atoms with Gasteiger partial charge in [-0.3, -0.25) is 4.79 Å². The lowest BCUT2D eigenvalue weighted by molar-refractivity contribution is -0.129. The number of nitrogens with zero attached hydrogens (tertiary/aromatic N) is 2. The fraction of sp³-hybridized carbons (Fsp3) is 0.750. The fourth-order valence-corrected chi connectivity index (χ4v) is 0.852. The molecule has 0 saturated heterocycles. The molecule has 0 heterocycles. The molecular weight excluding hydrogens is 140 g/mol. The van der Waals surface area contributed by atoms with Gasteiger partial charge in [0.2, 0.25) is 5.91 Å². The van der Waals surface area contributed by atoms with Crippen LogP contribution in [0.3, 0.4) is 0 Å². The summed E-state index contributed by atoms with van der Waals surface area (Å²) in [6.07, 6.45) is -0.0107. The Morgan fingerprint density at radius 2 is 2.18 bits per heavy atom. The third kappa shape index (κ3) is 4.38. The Bertz CT molecular complexity index is 169. The zero-order chi connectivity index (χ0) is 8.85. The summed E-state index contributed by atoms with van der Waals surface area (Å²) in [6.45, 7) is 4.80. The van der Waals surface area contributed by atoms with Gasteiger partial charge in [-0.05, 0) is 5.92 Å². The van der Waals surface area contributed by atoms with Crippen LogP contribution < -0.4 is 0 Å². The molecule has 3 nitrogen and oxygen atoms in total. The smallest absolute Gasteiger partial charge is 0.236 e. The molecule has 0 saturated carbocycles. The van der Waals surface area contributed by atoms with Crippen molar-refractivity contribution in [3.63, 3.8) is 0 Å². The van der Waals surface area contributed by atoms with E-state index in [0.29, 0.717) is 5.92 Å².